The first-order valence-electron chi connectivity index (χ1n) is 4.01. The van der Waals surface area contributed by atoms with Crippen LogP contribution in [0, 0.1) is 0 Å². The molecular formula is C9H16OS. The summed E-state index contributed by atoms with van der Waals surface area (Å²) >= 11 is 1.79. The minimum absolute atomic E-state index is 0.696. The molecule has 0 radical (unpaired) electrons. The molecule has 0 N–H and O–H groups in total. The van der Waals surface area contributed by atoms with E-state index in [0.29, 0.717) is 6.42 Å². The van der Waals surface area contributed by atoms with Crippen LogP contribution in [0.2, 0.25) is 0 Å². The van der Waals surface area contributed by atoms with Gasteiger partial charge in [-0.2, -0.15) is 0 Å². The topological polar surface area (TPSA) is 17.1 Å². The van der Waals surface area contributed by atoms with E-state index in [2.05, 4.69) is 19.3 Å². The number of hydrogen-bond acceptors (Lipinski definition) is 2. The highest BCUT2D eigenvalue weighted by Crippen LogP contribution is 2.18. The maximum absolute atomic E-state index is 10.0. The SMILES string of the molecule is CC/C=C(/CCCC=O)SC. The van der Waals surface area contributed by atoms with Crippen molar-refractivity contribution in [2.45, 2.75) is 32.6 Å². The van der Waals surface area contributed by atoms with E-state index in [9.17, 15) is 4.79 Å². The van der Waals surface area contributed by atoms with Gasteiger partial charge in [-0.1, -0.05) is 13.0 Å². The van der Waals surface area contributed by atoms with E-state index in [0.717, 1.165) is 25.5 Å². The molecular weight excluding hydrogens is 156 g/mol. The molecule has 0 aliphatic heterocycles. The van der Waals surface area contributed by atoms with Crippen molar-refractivity contribution in [3.63, 3.8) is 0 Å². The van der Waals surface area contributed by atoms with Crippen molar-refractivity contribution in [2.75, 3.05) is 6.26 Å². The number of rotatable bonds is 6. The van der Waals surface area contributed by atoms with Gasteiger partial charge in [-0.05, 0) is 30.4 Å². The van der Waals surface area contributed by atoms with Gasteiger partial charge in [-0.15, -0.1) is 11.8 Å². The molecule has 0 aliphatic rings. The molecule has 11 heavy (non-hydrogen) atoms. The van der Waals surface area contributed by atoms with E-state index >= 15 is 0 Å². The van der Waals surface area contributed by atoms with Gasteiger partial charge in [-0.3, -0.25) is 0 Å². The van der Waals surface area contributed by atoms with Gasteiger partial charge in [0.15, 0.2) is 0 Å². The van der Waals surface area contributed by atoms with Crippen LogP contribution in [0.4, 0.5) is 0 Å². The molecule has 0 aromatic carbocycles. The van der Waals surface area contributed by atoms with Crippen LogP contribution in [0.3, 0.4) is 0 Å². The zero-order chi connectivity index (χ0) is 8.53. The van der Waals surface area contributed by atoms with Gasteiger partial charge >= 0.3 is 0 Å². The lowest BCUT2D eigenvalue weighted by Gasteiger charge is -2.00. The Morgan fingerprint density at radius 2 is 2.27 bits per heavy atom. The summed E-state index contributed by atoms with van der Waals surface area (Å²) in [5.74, 6) is 0. The second-order valence-corrected chi connectivity index (χ2v) is 3.27. The Morgan fingerprint density at radius 1 is 1.55 bits per heavy atom. The van der Waals surface area contributed by atoms with Gasteiger partial charge in [0.1, 0.15) is 6.29 Å². The Balaban J connectivity index is 3.51. The Morgan fingerprint density at radius 3 is 2.73 bits per heavy atom. The molecule has 0 saturated heterocycles. The molecule has 0 atom stereocenters. The number of hydrogen-bond donors (Lipinski definition) is 0. The summed E-state index contributed by atoms with van der Waals surface area (Å²) < 4.78 is 0. The van der Waals surface area contributed by atoms with Gasteiger partial charge in [0.2, 0.25) is 0 Å². The number of allylic oxidation sites excluding steroid dienone is 2. The van der Waals surface area contributed by atoms with E-state index in [4.69, 9.17) is 0 Å². The fourth-order valence-electron chi connectivity index (χ4n) is 0.875. The normalized spacial score (nSPS) is 11.6. The van der Waals surface area contributed by atoms with E-state index < -0.39 is 0 Å². The molecule has 0 spiro atoms. The highest BCUT2D eigenvalue weighted by atomic mass is 32.2. The van der Waals surface area contributed by atoms with Gasteiger partial charge < -0.3 is 4.79 Å². The minimum atomic E-state index is 0.696. The third-order valence-corrected chi connectivity index (χ3v) is 2.33. The standard InChI is InChI=1S/C9H16OS/c1-3-6-9(11-2)7-4-5-8-10/h6,8H,3-5,7H2,1-2H3/b9-6-. The van der Waals surface area contributed by atoms with Crippen LogP contribution in [0.5, 0.6) is 0 Å². The van der Waals surface area contributed by atoms with Gasteiger partial charge in [0.25, 0.3) is 0 Å². The highest BCUT2D eigenvalue weighted by molar-refractivity contribution is 8.02. The van der Waals surface area contributed by atoms with Gasteiger partial charge in [-0.25, -0.2) is 0 Å². The third-order valence-electron chi connectivity index (χ3n) is 1.44. The lowest BCUT2D eigenvalue weighted by molar-refractivity contribution is -0.107. The highest BCUT2D eigenvalue weighted by Gasteiger charge is 1.93. The summed E-state index contributed by atoms with van der Waals surface area (Å²) in [6.07, 6.45) is 9.16. The summed E-state index contributed by atoms with van der Waals surface area (Å²) in [6.45, 7) is 2.13. The van der Waals surface area contributed by atoms with Crippen LogP contribution in [-0.4, -0.2) is 12.5 Å². The number of carbonyl (C=O) groups is 1. The van der Waals surface area contributed by atoms with Gasteiger partial charge in [0, 0.05) is 6.42 Å². The first kappa shape index (κ1) is 10.8. The molecule has 0 bridgehead atoms. The van der Waals surface area contributed by atoms with Crippen LogP contribution in [0.25, 0.3) is 0 Å². The van der Waals surface area contributed by atoms with Crippen molar-refractivity contribution in [3.05, 3.63) is 11.0 Å². The van der Waals surface area contributed by atoms with E-state index in [1.807, 2.05) is 0 Å². The summed E-state index contributed by atoms with van der Waals surface area (Å²) in [5, 5.41) is 0. The van der Waals surface area contributed by atoms with Crippen LogP contribution >= 0.6 is 11.8 Å². The van der Waals surface area contributed by atoms with Crippen LogP contribution in [-0.2, 0) is 4.79 Å². The van der Waals surface area contributed by atoms with Crippen molar-refractivity contribution < 1.29 is 4.79 Å². The average Bonchev–Trinajstić information content (AvgIpc) is 2.03. The van der Waals surface area contributed by atoms with Gasteiger partial charge in [0.05, 0.1) is 0 Å². The first-order chi connectivity index (χ1) is 5.35. The number of carbonyl (C=O) groups excluding carboxylic acids is 1. The predicted octanol–water partition coefficient (Wildman–Crippen LogP) is 3.01. The Kier molecular flexibility index (Phi) is 7.69. The molecule has 0 amide bonds. The summed E-state index contributed by atoms with van der Waals surface area (Å²) in [4.78, 5) is 11.4. The second kappa shape index (κ2) is 7.86. The predicted molar refractivity (Wildman–Crippen MR) is 51.8 cm³/mol. The first-order valence-corrected chi connectivity index (χ1v) is 5.24. The zero-order valence-corrected chi connectivity index (χ0v) is 8.12. The molecule has 0 aliphatic carbocycles. The fourth-order valence-corrected chi connectivity index (χ4v) is 1.56. The second-order valence-electron chi connectivity index (χ2n) is 2.34. The van der Waals surface area contributed by atoms with Crippen LogP contribution in [0.15, 0.2) is 11.0 Å². The lowest BCUT2D eigenvalue weighted by Crippen LogP contribution is -1.80. The average molecular weight is 172 g/mol. The van der Waals surface area contributed by atoms with E-state index in [1.165, 1.54) is 4.91 Å². The number of thioether (sulfide) groups is 1. The maximum Gasteiger partial charge on any atom is 0.120 e. The summed E-state index contributed by atoms with van der Waals surface area (Å²) in [5.41, 5.74) is 0. The fraction of sp³-hybridized carbons (Fsp3) is 0.667. The molecule has 0 unspecified atom stereocenters. The van der Waals surface area contributed by atoms with Crippen molar-refractivity contribution >= 4 is 18.0 Å². The molecule has 0 aromatic heterocycles. The van der Waals surface area contributed by atoms with Crippen molar-refractivity contribution in [2.24, 2.45) is 0 Å². The maximum atomic E-state index is 10.0. The molecule has 0 rings (SSSR count). The third kappa shape index (κ3) is 6.17. The molecule has 0 heterocycles. The molecule has 0 aromatic rings. The molecule has 64 valence electrons. The van der Waals surface area contributed by atoms with Crippen LogP contribution < -0.4 is 0 Å². The smallest absolute Gasteiger partial charge is 0.120 e. The molecule has 1 nitrogen and oxygen atoms in total. The summed E-state index contributed by atoms with van der Waals surface area (Å²) in [6, 6.07) is 0. The molecule has 0 saturated carbocycles. The Hall–Kier alpha value is -0.240. The number of aldehydes is 1. The lowest BCUT2D eigenvalue weighted by atomic mass is 10.2. The number of unbranched alkanes of at least 4 members (excludes halogenated alkanes) is 1. The van der Waals surface area contributed by atoms with Crippen molar-refractivity contribution in [1.82, 2.24) is 0 Å². The van der Waals surface area contributed by atoms with Crippen molar-refractivity contribution in [3.8, 4) is 0 Å². The molecule has 2 heteroatoms. The minimum Gasteiger partial charge on any atom is -0.303 e. The Labute approximate surface area is 73.3 Å². The van der Waals surface area contributed by atoms with E-state index in [1.54, 1.807) is 11.8 Å². The monoisotopic (exact) mass is 172 g/mol. The zero-order valence-electron chi connectivity index (χ0n) is 7.30. The van der Waals surface area contributed by atoms with Crippen molar-refractivity contribution in [1.29, 1.82) is 0 Å². The van der Waals surface area contributed by atoms with E-state index in [-0.39, 0.29) is 0 Å². The largest absolute Gasteiger partial charge is 0.303 e. The van der Waals surface area contributed by atoms with Crippen LogP contribution in [0.1, 0.15) is 32.6 Å². The molecule has 0 fully saturated rings. The summed E-state index contributed by atoms with van der Waals surface area (Å²) in [7, 11) is 0. The quantitative estimate of drug-likeness (QED) is 0.452. The Bertz CT molecular complexity index is 130.